The van der Waals surface area contributed by atoms with Crippen LogP contribution in [0.4, 0.5) is 11.4 Å². The predicted molar refractivity (Wildman–Crippen MR) is 96.1 cm³/mol. The average Bonchev–Trinajstić information content (AvgIpc) is 3.38. The molecule has 0 unspecified atom stereocenters. The van der Waals surface area contributed by atoms with Crippen molar-refractivity contribution in [2.75, 3.05) is 17.3 Å². The number of aryl methyl sites for hydroxylation is 2. The Bertz CT molecular complexity index is 779. The molecule has 1 N–H and O–H groups in total. The predicted octanol–water partition coefficient (Wildman–Crippen LogP) is 3.69. The third kappa shape index (κ3) is 2.92. The molecule has 2 aromatic rings. The Kier molecular flexibility index (Phi) is 4.14. The van der Waals surface area contributed by atoms with E-state index in [4.69, 9.17) is 0 Å². The molecular weight excluding hydrogens is 300 g/mol. The Morgan fingerprint density at radius 2 is 1.71 bits per heavy atom. The lowest BCUT2D eigenvalue weighted by Gasteiger charge is -2.23. The number of para-hydroxylation sites is 1. The third-order valence-electron chi connectivity index (χ3n) is 4.67. The number of hydrogen-bond donors (Lipinski definition) is 1. The number of hydrogen-bond acceptors (Lipinski definition) is 2. The lowest BCUT2D eigenvalue weighted by atomic mass is 10.0. The van der Waals surface area contributed by atoms with E-state index in [1.165, 1.54) is 0 Å². The maximum absolute atomic E-state index is 12.9. The summed E-state index contributed by atoms with van der Waals surface area (Å²) in [6.45, 7) is 3.97. The monoisotopic (exact) mass is 322 g/mol. The highest BCUT2D eigenvalue weighted by Crippen LogP contribution is 2.48. The van der Waals surface area contributed by atoms with Crippen LogP contribution in [-0.2, 0) is 9.59 Å². The summed E-state index contributed by atoms with van der Waals surface area (Å²) in [5.74, 6) is -0.349. The van der Waals surface area contributed by atoms with E-state index >= 15 is 0 Å². The molecule has 0 heterocycles. The highest BCUT2D eigenvalue weighted by atomic mass is 16.2. The van der Waals surface area contributed by atoms with Gasteiger partial charge in [-0.05, 0) is 50.5 Å². The second kappa shape index (κ2) is 6.11. The summed E-state index contributed by atoms with van der Waals surface area (Å²) in [7, 11) is 1.72. The molecule has 0 aliphatic heterocycles. The number of benzene rings is 2. The minimum absolute atomic E-state index is 0.143. The fraction of sp³-hybridized carbons (Fsp3) is 0.300. The third-order valence-corrected chi connectivity index (χ3v) is 4.67. The molecule has 24 heavy (non-hydrogen) atoms. The topological polar surface area (TPSA) is 49.4 Å². The molecule has 124 valence electrons. The fourth-order valence-corrected chi connectivity index (χ4v) is 2.95. The highest BCUT2D eigenvalue weighted by Gasteiger charge is 2.57. The minimum Gasteiger partial charge on any atom is -0.325 e. The summed E-state index contributed by atoms with van der Waals surface area (Å²) < 4.78 is 0. The molecule has 0 radical (unpaired) electrons. The smallest absolute Gasteiger partial charge is 0.242 e. The number of nitrogens with zero attached hydrogens (tertiary/aromatic N) is 1. The fourth-order valence-electron chi connectivity index (χ4n) is 2.95. The van der Waals surface area contributed by atoms with E-state index in [9.17, 15) is 9.59 Å². The Morgan fingerprint density at radius 1 is 1.04 bits per heavy atom. The van der Waals surface area contributed by atoms with Gasteiger partial charge in [0, 0.05) is 18.4 Å². The van der Waals surface area contributed by atoms with Crippen molar-refractivity contribution in [2.24, 2.45) is 5.41 Å². The molecule has 0 saturated heterocycles. The summed E-state index contributed by atoms with van der Waals surface area (Å²) in [6.07, 6.45) is 1.19. The van der Waals surface area contributed by atoms with Crippen molar-refractivity contribution in [3.8, 4) is 0 Å². The van der Waals surface area contributed by atoms with Crippen LogP contribution in [0.2, 0.25) is 0 Å². The zero-order valence-electron chi connectivity index (χ0n) is 14.3. The average molecular weight is 322 g/mol. The molecule has 0 atom stereocenters. The van der Waals surface area contributed by atoms with Gasteiger partial charge in [0.05, 0.1) is 0 Å². The van der Waals surface area contributed by atoms with Crippen LogP contribution in [0.5, 0.6) is 0 Å². The maximum Gasteiger partial charge on any atom is 0.242 e. The molecule has 1 fully saturated rings. The van der Waals surface area contributed by atoms with Gasteiger partial charge in [-0.25, -0.2) is 0 Å². The molecule has 0 bridgehead atoms. The van der Waals surface area contributed by atoms with E-state index in [0.29, 0.717) is 12.8 Å². The van der Waals surface area contributed by atoms with Crippen LogP contribution in [0.15, 0.2) is 48.5 Å². The second-order valence-corrected chi connectivity index (χ2v) is 6.55. The summed E-state index contributed by atoms with van der Waals surface area (Å²) >= 11 is 0. The van der Waals surface area contributed by atoms with E-state index in [0.717, 1.165) is 22.5 Å². The van der Waals surface area contributed by atoms with E-state index in [-0.39, 0.29) is 11.8 Å². The minimum atomic E-state index is -0.929. The first-order valence-electron chi connectivity index (χ1n) is 8.16. The second-order valence-electron chi connectivity index (χ2n) is 6.55. The molecule has 4 heteroatoms. The Morgan fingerprint density at radius 3 is 2.29 bits per heavy atom. The summed E-state index contributed by atoms with van der Waals surface area (Å²) in [6, 6.07) is 15.3. The van der Waals surface area contributed by atoms with Crippen LogP contribution in [0.3, 0.4) is 0 Å². The van der Waals surface area contributed by atoms with Crippen molar-refractivity contribution < 1.29 is 9.59 Å². The van der Waals surface area contributed by atoms with Crippen molar-refractivity contribution >= 4 is 23.2 Å². The number of amides is 2. The van der Waals surface area contributed by atoms with Gasteiger partial charge >= 0.3 is 0 Å². The summed E-state index contributed by atoms with van der Waals surface area (Å²) in [5.41, 5.74) is 2.79. The van der Waals surface area contributed by atoms with Crippen molar-refractivity contribution in [1.82, 2.24) is 0 Å². The van der Waals surface area contributed by atoms with Crippen LogP contribution in [0.1, 0.15) is 24.0 Å². The van der Waals surface area contributed by atoms with Crippen molar-refractivity contribution in [1.29, 1.82) is 0 Å². The molecule has 2 aromatic carbocycles. The Balaban J connectivity index is 1.78. The van der Waals surface area contributed by atoms with Crippen LogP contribution >= 0.6 is 0 Å². The van der Waals surface area contributed by atoms with Gasteiger partial charge in [-0.1, -0.05) is 35.9 Å². The summed E-state index contributed by atoms with van der Waals surface area (Å²) in [4.78, 5) is 27.2. The van der Waals surface area contributed by atoms with E-state index in [1.807, 2.05) is 62.4 Å². The quantitative estimate of drug-likeness (QED) is 0.873. The van der Waals surface area contributed by atoms with Gasteiger partial charge in [-0.2, -0.15) is 0 Å². The van der Waals surface area contributed by atoms with E-state index in [2.05, 4.69) is 5.32 Å². The van der Waals surface area contributed by atoms with Gasteiger partial charge in [0.15, 0.2) is 0 Å². The first kappa shape index (κ1) is 16.2. The first-order valence-corrected chi connectivity index (χ1v) is 8.16. The van der Waals surface area contributed by atoms with Crippen molar-refractivity contribution in [3.05, 3.63) is 59.7 Å². The standard InChI is InChI=1S/C20H22N2O2/c1-14-9-10-17(15(2)13-14)21-18(23)20(11-12-20)19(24)22(3)16-7-5-4-6-8-16/h4-10,13H,11-12H2,1-3H3,(H,21,23). The zero-order valence-corrected chi connectivity index (χ0v) is 14.3. The van der Waals surface area contributed by atoms with Gasteiger partial charge in [-0.15, -0.1) is 0 Å². The maximum atomic E-state index is 12.9. The molecule has 2 amide bonds. The lowest BCUT2D eigenvalue weighted by molar-refractivity contribution is -0.132. The highest BCUT2D eigenvalue weighted by molar-refractivity contribution is 6.17. The van der Waals surface area contributed by atoms with E-state index in [1.54, 1.807) is 11.9 Å². The normalized spacial score (nSPS) is 14.8. The SMILES string of the molecule is Cc1ccc(NC(=O)C2(C(=O)N(C)c3ccccc3)CC2)c(C)c1. The molecular formula is C20H22N2O2. The molecule has 4 nitrogen and oxygen atoms in total. The first-order chi connectivity index (χ1) is 11.4. The van der Waals surface area contributed by atoms with Gasteiger partial charge in [-0.3, -0.25) is 9.59 Å². The zero-order chi connectivity index (χ0) is 17.3. The van der Waals surface area contributed by atoms with Gasteiger partial charge in [0.2, 0.25) is 11.8 Å². The number of nitrogens with one attached hydrogen (secondary N) is 1. The number of carbonyl (C=O) groups is 2. The molecule has 1 aliphatic rings. The van der Waals surface area contributed by atoms with Crippen LogP contribution in [0.25, 0.3) is 0 Å². The van der Waals surface area contributed by atoms with Crippen LogP contribution in [-0.4, -0.2) is 18.9 Å². The molecule has 0 spiro atoms. The Hall–Kier alpha value is -2.62. The van der Waals surface area contributed by atoms with E-state index < -0.39 is 5.41 Å². The number of carbonyl (C=O) groups excluding carboxylic acids is 2. The largest absolute Gasteiger partial charge is 0.325 e. The Labute approximate surface area is 142 Å². The van der Waals surface area contributed by atoms with Crippen molar-refractivity contribution in [2.45, 2.75) is 26.7 Å². The van der Waals surface area contributed by atoms with Crippen LogP contribution < -0.4 is 10.2 Å². The number of anilines is 2. The molecule has 0 aromatic heterocycles. The van der Waals surface area contributed by atoms with Gasteiger partial charge in [0.1, 0.15) is 5.41 Å². The molecule has 1 saturated carbocycles. The molecule has 3 rings (SSSR count). The number of rotatable bonds is 4. The van der Waals surface area contributed by atoms with Gasteiger partial charge < -0.3 is 10.2 Å². The lowest BCUT2D eigenvalue weighted by Crippen LogP contribution is -2.41. The van der Waals surface area contributed by atoms with Gasteiger partial charge in [0.25, 0.3) is 0 Å². The van der Waals surface area contributed by atoms with Crippen molar-refractivity contribution in [3.63, 3.8) is 0 Å². The summed E-state index contributed by atoms with van der Waals surface area (Å²) in [5, 5.41) is 2.94. The molecule has 1 aliphatic carbocycles. The van der Waals surface area contributed by atoms with Crippen LogP contribution in [0, 0.1) is 19.3 Å².